The predicted molar refractivity (Wildman–Crippen MR) is 85.5 cm³/mol. The van der Waals surface area contributed by atoms with Crippen LogP contribution >= 0.6 is 0 Å². The maximum atomic E-state index is 4.14. The van der Waals surface area contributed by atoms with Gasteiger partial charge in [0.05, 0.1) is 5.69 Å². The van der Waals surface area contributed by atoms with Gasteiger partial charge in [0.2, 0.25) is 0 Å². The lowest BCUT2D eigenvalue weighted by molar-refractivity contribution is 0.354. The number of aromatic nitrogens is 3. The van der Waals surface area contributed by atoms with Crippen LogP contribution in [0.1, 0.15) is 31.9 Å². The quantitative estimate of drug-likeness (QED) is 0.848. The van der Waals surface area contributed by atoms with Gasteiger partial charge in [0.15, 0.2) is 0 Å². The fourth-order valence-corrected chi connectivity index (χ4v) is 2.32. The first-order valence-electron chi connectivity index (χ1n) is 7.42. The zero-order chi connectivity index (χ0) is 15.2. The van der Waals surface area contributed by atoms with Crippen molar-refractivity contribution in [2.45, 2.75) is 32.4 Å². The summed E-state index contributed by atoms with van der Waals surface area (Å²) in [5.74, 6) is 0. The van der Waals surface area contributed by atoms with Crippen molar-refractivity contribution >= 4 is 0 Å². The highest BCUT2D eigenvalue weighted by molar-refractivity contribution is 5.34. The maximum absolute atomic E-state index is 4.14. The summed E-state index contributed by atoms with van der Waals surface area (Å²) in [6, 6.07) is 9.28. The van der Waals surface area contributed by atoms with Gasteiger partial charge in [-0.15, -0.1) is 0 Å². The molecule has 114 valence electrons. The Bertz CT molecular complexity index is 518. The molecule has 1 aromatic heterocycles. The Hall–Kier alpha value is -1.72. The van der Waals surface area contributed by atoms with E-state index in [0.717, 1.165) is 18.7 Å². The van der Waals surface area contributed by atoms with E-state index in [1.165, 1.54) is 5.56 Å². The van der Waals surface area contributed by atoms with Gasteiger partial charge >= 0.3 is 0 Å². The smallest absolute Gasteiger partial charge is 0.138 e. The van der Waals surface area contributed by atoms with Gasteiger partial charge in [-0.05, 0) is 58.6 Å². The van der Waals surface area contributed by atoms with Gasteiger partial charge < -0.3 is 10.2 Å². The summed E-state index contributed by atoms with van der Waals surface area (Å²) in [5.41, 5.74) is 2.32. The first-order valence-corrected chi connectivity index (χ1v) is 7.42. The van der Waals surface area contributed by atoms with Crippen molar-refractivity contribution in [3.8, 4) is 5.69 Å². The topological polar surface area (TPSA) is 46.0 Å². The van der Waals surface area contributed by atoms with Crippen LogP contribution in [0.2, 0.25) is 0 Å². The fraction of sp³-hybridized carbons (Fsp3) is 0.500. The average molecular weight is 287 g/mol. The molecule has 0 fully saturated rings. The molecule has 0 aliphatic rings. The van der Waals surface area contributed by atoms with E-state index < -0.39 is 0 Å². The van der Waals surface area contributed by atoms with Crippen molar-refractivity contribution in [1.82, 2.24) is 25.0 Å². The molecule has 2 atom stereocenters. The minimum absolute atomic E-state index is 0.340. The third-order valence-electron chi connectivity index (χ3n) is 3.62. The maximum Gasteiger partial charge on any atom is 0.138 e. The van der Waals surface area contributed by atoms with Gasteiger partial charge in [0, 0.05) is 12.1 Å². The number of nitrogens with one attached hydrogen (secondary N) is 1. The van der Waals surface area contributed by atoms with E-state index in [9.17, 15) is 0 Å². The molecule has 0 bridgehead atoms. The molecule has 0 spiro atoms. The van der Waals surface area contributed by atoms with E-state index in [-0.39, 0.29) is 0 Å². The van der Waals surface area contributed by atoms with Crippen LogP contribution < -0.4 is 5.32 Å². The molecule has 1 N–H and O–H groups in total. The highest BCUT2D eigenvalue weighted by Gasteiger charge is 2.10. The third-order valence-corrected chi connectivity index (χ3v) is 3.62. The number of hydrogen-bond acceptors (Lipinski definition) is 4. The molecule has 1 aromatic carbocycles. The Morgan fingerprint density at radius 1 is 1.19 bits per heavy atom. The summed E-state index contributed by atoms with van der Waals surface area (Å²) in [6.45, 7) is 5.55. The Morgan fingerprint density at radius 2 is 1.90 bits per heavy atom. The highest BCUT2D eigenvalue weighted by Crippen LogP contribution is 2.16. The van der Waals surface area contributed by atoms with E-state index in [1.807, 2.05) is 0 Å². The average Bonchev–Trinajstić information content (AvgIpc) is 2.99. The van der Waals surface area contributed by atoms with Gasteiger partial charge in [-0.2, -0.15) is 5.10 Å². The van der Waals surface area contributed by atoms with Crippen molar-refractivity contribution in [1.29, 1.82) is 0 Å². The lowest BCUT2D eigenvalue weighted by Gasteiger charge is -2.22. The van der Waals surface area contributed by atoms with E-state index in [1.54, 1.807) is 17.3 Å². The monoisotopic (exact) mass is 287 g/mol. The highest BCUT2D eigenvalue weighted by atomic mass is 15.3. The van der Waals surface area contributed by atoms with Gasteiger partial charge in [-0.25, -0.2) is 9.67 Å². The second kappa shape index (κ2) is 7.33. The van der Waals surface area contributed by atoms with Crippen molar-refractivity contribution in [3.05, 3.63) is 42.5 Å². The van der Waals surface area contributed by atoms with Crippen molar-refractivity contribution in [3.63, 3.8) is 0 Å². The van der Waals surface area contributed by atoms with Crippen LogP contribution in [0, 0.1) is 0 Å². The second-order valence-electron chi connectivity index (χ2n) is 5.81. The van der Waals surface area contributed by atoms with Crippen LogP contribution in [-0.2, 0) is 0 Å². The first-order chi connectivity index (χ1) is 10.1. The lowest BCUT2D eigenvalue weighted by atomic mass is 10.1. The van der Waals surface area contributed by atoms with E-state index in [2.05, 4.69) is 72.5 Å². The number of nitrogens with zero attached hydrogens (tertiary/aromatic N) is 4. The standard InChI is InChI=1S/C16H25N5/c1-13(9-10-20(3)4)19-14(2)15-5-7-16(8-6-15)21-12-17-11-18-21/h5-8,11-14,19H,9-10H2,1-4H3. The van der Waals surface area contributed by atoms with Gasteiger partial charge in [-0.3, -0.25) is 0 Å². The number of rotatable bonds is 7. The van der Waals surface area contributed by atoms with Crippen LogP contribution in [0.3, 0.4) is 0 Å². The fourth-order valence-electron chi connectivity index (χ4n) is 2.32. The van der Waals surface area contributed by atoms with Crippen LogP contribution in [0.4, 0.5) is 0 Å². The van der Waals surface area contributed by atoms with Crippen LogP contribution in [0.25, 0.3) is 5.69 Å². The number of hydrogen-bond donors (Lipinski definition) is 1. The van der Waals surface area contributed by atoms with Crippen LogP contribution in [0.15, 0.2) is 36.9 Å². The molecule has 0 aliphatic carbocycles. The zero-order valence-corrected chi connectivity index (χ0v) is 13.3. The molecular formula is C16H25N5. The minimum atomic E-state index is 0.340. The third kappa shape index (κ3) is 4.65. The second-order valence-corrected chi connectivity index (χ2v) is 5.81. The van der Waals surface area contributed by atoms with Crippen molar-refractivity contribution in [2.75, 3.05) is 20.6 Å². The molecule has 0 saturated heterocycles. The largest absolute Gasteiger partial charge is 0.309 e. The zero-order valence-electron chi connectivity index (χ0n) is 13.3. The lowest BCUT2D eigenvalue weighted by Crippen LogP contribution is -2.31. The molecular weight excluding hydrogens is 262 g/mol. The van der Waals surface area contributed by atoms with Gasteiger partial charge in [-0.1, -0.05) is 12.1 Å². The Morgan fingerprint density at radius 3 is 2.48 bits per heavy atom. The van der Waals surface area contributed by atoms with Gasteiger partial charge in [0.25, 0.3) is 0 Å². The molecule has 0 radical (unpaired) electrons. The Kier molecular flexibility index (Phi) is 5.47. The summed E-state index contributed by atoms with van der Waals surface area (Å²) in [5, 5.41) is 7.78. The van der Waals surface area contributed by atoms with Crippen LogP contribution in [0.5, 0.6) is 0 Å². The van der Waals surface area contributed by atoms with Crippen LogP contribution in [-0.4, -0.2) is 46.3 Å². The van der Waals surface area contributed by atoms with Gasteiger partial charge in [0.1, 0.15) is 12.7 Å². The summed E-state index contributed by atoms with van der Waals surface area (Å²) < 4.78 is 1.77. The molecule has 0 amide bonds. The minimum Gasteiger partial charge on any atom is -0.309 e. The van der Waals surface area contributed by atoms with E-state index in [4.69, 9.17) is 0 Å². The summed E-state index contributed by atoms with van der Waals surface area (Å²) in [4.78, 5) is 6.18. The first kappa shape index (κ1) is 15.7. The molecule has 5 nitrogen and oxygen atoms in total. The van der Waals surface area contributed by atoms with E-state index in [0.29, 0.717) is 12.1 Å². The molecule has 1 heterocycles. The predicted octanol–water partition coefficient (Wildman–Crippen LogP) is 2.26. The normalized spacial score (nSPS) is 14.3. The Labute approximate surface area is 127 Å². The van der Waals surface area contributed by atoms with Crippen molar-refractivity contribution < 1.29 is 0 Å². The molecule has 2 rings (SSSR count). The number of benzene rings is 1. The molecule has 2 aromatic rings. The SMILES string of the molecule is CC(CCN(C)C)NC(C)c1ccc(-n2cncn2)cc1. The molecule has 0 aliphatic heterocycles. The summed E-state index contributed by atoms with van der Waals surface area (Å²) in [6.07, 6.45) is 4.40. The van der Waals surface area contributed by atoms with Crippen molar-refractivity contribution in [2.24, 2.45) is 0 Å². The summed E-state index contributed by atoms with van der Waals surface area (Å²) in [7, 11) is 4.22. The molecule has 2 unspecified atom stereocenters. The molecule has 5 heteroatoms. The molecule has 0 saturated carbocycles. The Balaban J connectivity index is 1.92. The molecule has 21 heavy (non-hydrogen) atoms. The van der Waals surface area contributed by atoms with E-state index >= 15 is 0 Å². The summed E-state index contributed by atoms with van der Waals surface area (Å²) >= 11 is 0.